The van der Waals surface area contributed by atoms with Crippen LogP contribution in [0.25, 0.3) is 0 Å². The van der Waals surface area contributed by atoms with Crippen LogP contribution in [0.1, 0.15) is 37.8 Å². The first-order valence-corrected chi connectivity index (χ1v) is 7.46. The van der Waals surface area contributed by atoms with E-state index in [4.69, 9.17) is 15.2 Å². The number of carbonyl (C=O) groups is 1. The maximum atomic E-state index is 12.1. The third kappa shape index (κ3) is 4.11. The lowest BCUT2D eigenvalue weighted by Gasteiger charge is -2.26. The number of hydrogen-bond acceptors (Lipinski definition) is 4. The fourth-order valence-corrected chi connectivity index (χ4v) is 2.46. The van der Waals surface area contributed by atoms with Crippen molar-refractivity contribution in [2.75, 3.05) is 26.8 Å². The number of rotatable bonds is 5. The maximum absolute atomic E-state index is 12.1. The van der Waals surface area contributed by atoms with Gasteiger partial charge in [-0.05, 0) is 43.9 Å². The molecule has 1 heterocycles. The Bertz CT molecular complexity index is 482. The summed E-state index contributed by atoms with van der Waals surface area (Å²) >= 11 is 0. The fourth-order valence-electron chi connectivity index (χ4n) is 2.46. The molecule has 1 aromatic carbocycles. The van der Waals surface area contributed by atoms with E-state index in [1.807, 2.05) is 24.0 Å². The highest BCUT2D eigenvalue weighted by Gasteiger charge is 2.17. The van der Waals surface area contributed by atoms with Crippen molar-refractivity contribution in [2.45, 2.75) is 32.2 Å². The van der Waals surface area contributed by atoms with Crippen LogP contribution in [0, 0.1) is 0 Å². The van der Waals surface area contributed by atoms with E-state index < -0.39 is 0 Å². The van der Waals surface area contributed by atoms with Crippen molar-refractivity contribution in [1.82, 2.24) is 4.90 Å². The molecule has 21 heavy (non-hydrogen) atoms. The number of hydrogen-bond donors (Lipinski definition) is 1. The molecule has 0 aliphatic carbocycles. The summed E-state index contributed by atoms with van der Waals surface area (Å²) in [5.74, 6) is 1.22. The molecule has 1 atom stereocenters. The number of amides is 1. The molecule has 5 nitrogen and oxygen atoms in total. The van der Waals surface area contributed by atoms with Gasteiger partial charge in [-0.1, -0.05) is 6.07 Å². The first kappa shape index (κ1) is 15.6. The number of ether oxygens (including phenoxy) is 2. The predicted octanol–water partition coefficient (Wildman–Crippen LogP) is 2.11. The number of methoxy groups -OCH3 is 1. The van der Waals surface area contributed by atoms with E-state index >= 15 is 0 Å². The third-order valence-electron chi connectivity index (χ3n) is 3.77. The van der Waals surface area contributed by atoms with Gasteiger partial charge in [0.1, 0.15) is 0 Å². The highest BCUT2D eigenvalue weighted by Crippen LogP contribution is 2.29. The average molecular weight is 292 g/mol. The first-order chi connectivity index (χ1) is 10.1. The SMILES string of the molecule is COc1cc([C@H](C)N)ccc1OCC(=O)N1CCCCC1. The van der Waals surface area contributed by atoms with E-state index in [0.29, 0.717) is 11.5 Å². The van der Waals surface area contributed by atoms with Crippen molar-refractivity contribution in [1.29, 1.82) is 0 Å². The van der Waals surface area contributed by atoms with Crippen molar-refractivity contribution < 1.29 is 14.3 Å². The second kappa shape index (κ2) is 7.31. The Balaban J connectivity index is 1.97. The van der Waals surface area contributed by atoms with Gasteiger partial charge in [-0.25, -0.2) is 0 Å². The third-order valence-corrected chi connectivity index (χ3v) is 3.77. The van der Waals surface area contributed by atoms with Gasteiger partial charge in [0.2, 0.25) is 0 Å². The zero-order valence-corrected chi connectivity index (χ0v) is 12.8. The monoisotopic (exact) mass is 292 g/mol. The molecule has 0 spiro atoms. The highest BCUT2D eigenvalue weighted by atomic mass is 16.5. The van der Waals surface area contributed by atoms with Crippen LogP contribution in [0.15, 0.2) is 18.2 Å². The molecule has 1 aromatic rings. The van der Waals surface area contributed by atoms with Crippen LogP contribution in [-0.4, -0.2) is 37.6 Å². The minimum atomic E-state index is -0.0667. The number of nitrogens with two attached hydrogens (primary N) is 1. The average Bonchev–Trinajstić information content (AvgIpc) is 2.53. The predicted molar refractivity (Wildman–Crippen MR) is 81.5 cm³/mol. The molecule has 0 saturated carbocycles. The minimum absolute atomic E-state index is 0.0352. The van der Waals surface area contributed by atoms with Crippen LogP contribution in [0.2, 0.25) is 0 Å². The van der Waals surface area contributed by atoms with Gasteiger partial charge in [-0.2, -0.15) is 0 Å². The molecule has 5 heteroatoms. The van der Waals surface area contributed by atoms with Gasteiger partial charge in [0, 0.05) is 19.1 Å². The van der Waals surface area contributed by atoms with Crippen molar-refractivity contribution in [2.24, 2.45) is 5.73 Å². The number of likely N-dealkylation sites (tertiary alicyclic amines) is 1. The van der Waals surface area contributed by atoms with Gasteiger partial charge in [-0.3, -0.25) is 4.79 Å². The number of nitrogens with zero attached hydrogens (tertiary/aromatic N) is 1. The Labute approximate surface area is 126 Å². The lowest BCUT2D eigenvalue weighted by Crippen LogP contribution is -2.38. The van der Waals surface area contributed by atoms with E-state index in [1.54, 1.807) is 13.2 Å². The lowest BCUT2D eigenvalue weighted by molar-refractivity contribution is -0.134. The molecule has 0 bridgehead atoms. The van der Waals surface area contributed by atoms with Crippen molar-refractivity contribution >= 4 is 5.91 Å². The van der Waals surface area contributed by atoms with E-state index in [-0.39, 0.29) is 18.6 Å². The van der Waals surface area contributed by atoms with Gasteiger partial charge >= 0.3 is 0 Å². The lowest BCUT2D eigenvalue weighted by atomic mass is 10.1. The van der Waals surface area contributed by atoms with Crippen molar-refractivity contribution in [3.63, 3.8) is 0 Å². The number of benzene rings is 1. The van der Waals surface area contributed by atoms with E-state index in [9.17, 15) is 4.79 Å². The fraction of sp³-hybridized carbons (Fsp3) is 0.562. The summed E-state index contributed by atoms with van der Waals surface area (Å²) in [4.78, 5) is 14.0. The molecule has 2 rings (SSSR count). The zero-order chi connectivity index (χ0) is 15.2. The Hall–Kier alpha value is -1.75. The van der Waals surface area contributed by atoms with Crippen LogP contribution in [0.5, 0.6) is 11.5 Å². The smallest absolute Gasteiger partial charge is 0.260 e. The molecule has 1 amide bonds. The molecular formula is C16H24N2O3. The molecule has 1 aliphatic rings. The van der Waals surface area contributed by atoms with E-state index in [1.165, 1.54) is 6.42 Å². The molecule has 1 fully saturated rings. The molecule has 0 aromatic heterocycles. The van der Waals surface area contributed by atoms with Gasteiger partial charge in [0.15, 0.2) is 18.1 Å². The van der Waals surface area contributed by atoms with E-state index in [2.05, 4.69) is 0 Å². The normalized spacial score (nSPS) is 16.4. The Morgan fingerprint density at radius 2 is 2.00 bits per heavy atom. The van der Waals surface area contributed by atoms with Crippen LogP contribution in [0.3, 0.4) is 0 Å². The maximum Gasteiger partial charge on any atom is 0.260 e. The summed E-state index contributed by atoms with van der Waals surface area (Å²) in [6, 6.07) is 5.49. The largest absolute Gasteiger partial charge is 0.493 e. The second-order valence-corrected chi connectivity index (χ2v) is 5.43. The highest BCUT2D eigenvalue weighted by molar-refractivity contribution is 5.78. The van der Waals surface area contributed by atoms with Crippen LogP contribution in [0.4, 0.5) is 0 Å². The molecular weight excluding hydrogens is 268 g/mol. The zero-order valence-electron chi connectivity index (χ0n) is 12.8. The Morgan fingerprint density at radius 1 is 1.29 bits per heavy atom. The van der Waals surface area contributed by atoms with Crippen LogP contribution in [-0.2, 0) is 4.79 Å². The van der Waals surface area contributed by atoms with Crippen molar-refractivity contribution in [3.8, 4) is 11.5 Å². The minimum Gasteiger partial charge on any atom is -0.493 e. The number of carbonyl (C=O) groups excluding carboxylic acids is 1. The second-order valence-electron chi connectivity index (χ2n) is 5.43. The van der Waals surface area contributed by atoms with Gasteiger partial charge in [0.25, 0.3) is 5.91 Å². The van der Waals surface area contributed by atoms with Crippen LogP contribution < -0.4 is 15.2 Å². The summed E-state index contributed by atoms with van der Waals surface area (Å²) < 4.78 is 10.9. The summed E-state index contributed by atoms with van der Waals surface area (Å²) in [6.07, 6.45) is 3.37. The van der Waals surface area contributed by atoms with Gasteiger partial charge in [-0.15, -0.1) is 0 Å². The summed E-state index contributed by atoms with van der Waals surface area (Å²) in [7, 11) is 1.58. The summed E-state index contributed by atoms with van der Waals surface area (Å²) in [5, 5.41) is 0. The quantitative estimate of drug-likeness (QED) is 0.902. The topological polar surface area (TPSA) is 64.8 Å². The number of piperidine rings is 1. The Morgan fingerprint density at radius 3 is 2.62 bits per heavy atom. The molecule has 1 aliphatic heterocycles. The van der Waals surface area contributed by atoms with E-state index in [0.717, 1.165) is 31.5 Å². The Kier molecular flexibility index (Phi) is 5.44. The summed E-state index contributed by atoms with van der Waals surface area (Å²) in [5.41, 5.74) is 6.82. The van der Waals surface area contributed by atoms with Gasteiger partial charge in [0.05, 0.1) is 7.11 Å². The summed E-state index contributed by atoms with van der Waals surface area (Å²) in [6.45, 7) is 3.63. The standard InChI is InChI=1S/C16H24N2O3/c1-12(17)13-6-7-14(15(10-13)20-2)21-11-16(19)18-8-4-3-5-9-18/h6-7,10,12H,3-5,8-9,11,17H2,1-2H3/t12-/m0/s1. The molecule has 0 unspecified atom stereocenters. The molecule has 116 valence electrons. The molecule has 2 N–H and O–H groups in total. The van der Waals surface area contributed by atoms with Gasteiger partial charge < -0.3 is 20.1 Å². The first-order valence-electron chi connectivity index (χ1n) is 7.46. The molecule has 1 saturated heterocycles. The van der Waals surface area contributed by atoms with Crippen molar-refractivity contribution in [3.05, 3.63) is 23.8 Å². The molecule has 0 radical (unpaired) electrons. The van der Waals surface area contributed by atoms with Crippen LogP contribution >= 0.6 is 0 Å².